The Morgan fingerprint density at radius 1 is 1.45 bits per heavy atom. The summed E-state index contributed by atoms with van der Waals surface area (Å²) in [6.07, 6.45) is 3.34. The molecule has 0 atom stereocenters. The van der Waals surface area contributed by atoms with Crippen LogP contribution in [0, 0.1) is 5.82 Å². The predicted octanol–water partition coefficient (Wildman–Crippen LogP) is 1.32. The SMILES string of the molecule is CCc1cc(F)ccc1/C(=C/C=O)N(C=C=O)CC(=O)NC. The van der Waals surface area contributed by atoms with Crippen molar-refractivity contribution >= 4 is 23.8 Å². The fourth-order valence-electron chi connectivity index (χ4n) is 2.01. The third-order valence-corrected chi connectivity index (χ3v) is 3.06. The summed E-state index contributed by atoms with van der Waals surface area (Å²) in [5.41, 5.74) is 1.57. The van der Waals surface area contributed by atoms with Gasteiger partial charge < -0.3 is 10.2 Å². The van der Waals surface area contributed by atoms with E-state index in [1.165, 1.54) is 36.2 Å². The summed E-state index contributed by atoms with van der Waals surface area (Å²) in [5, 5.41) is 2.43. The molecule has 1 aromatic rings. The Kier molecular flexibility index (Phi) is 6.73. The van der Waals surface area contributed by atoms with Crippen molar-refractivity contribution in [2.75, 3.05) is 13.6 Å². The van der Waals surface area contributed by atoms with Gasteiger partial charge in [-0.1, -0.05) is 6.92 Å². The molecule has 1 N–H and O–H groups in total. The van der Waals surface area contributed by atoms with Gasteiger partial charge in [0.2, 0.25) is 5.91 Å². The number of hydrogen-bond acceptors (Lipinski definition) is 4. The molecule has 22 heavy (non-hydrogen) atoms. The number of rotatable bonds is 7. The molecule has 5 nitrogen and oxygen atoms in total. The van der Waals surface area contributed by atoms with Crippen LogP contribution in [0.3, 0.4) is 0 Å². The van der Waals surface area contributed by atoms with E-state index in [1.807, 2.05) is 6.92 Å². The maximum Gasteiger partial charge on any atom is 0.239 e. The summed E-state index contributed by atoms with van der Waals surface area (Å²) >= 11 is 0. The maximum atomic E-state index is 13.4. The van der Waals surface area contributed by atoms with Crippen LogP contribution in [0.25, 0.3) is 5.70 Å². The highest BCUT2D eigenvalue weighted by molar-refractivity contribution is 5.86. The van der Waals surface area contributed by atoms with Crippen LogP contribution >= 0.6 is 0 Å². The molecule has 0 spiro atoms. The van der Waals surface area contributed by atoms with E-state index in [0.717, 1.165) is 6.20 Å². The van der Waals surface area contributed by atoms with E-state index in [9.17, 15) is 18.8 Å². The van der Waals surface area contributed by atoms with Gasteiger partial charge in [-0.15, -0.1) is 0 Å². The normalized spacial score (nSPS) is 10.6. The molecule has 0 aliphatic rings. The molecule has 0 unspecified atom stereocenters. The summed E-state index contributed by atoms with van der Waals surface area (Å²) in [6, 6.07) is 4.13. The quantitative estimate of drug-likeness (QED) is 0.469. The molecular weight excluding hydrogens is 287 g/mol. The van der Waals surface area contributed by atoms with Gasteiger partial charge in [-0.3, -0.25) is 9.59 Å². The van der Waals surface area contributed by atoms with Crippen molar-refractivity contribution in [3.8, 4) is 0 Å². The summed E-state index contributed by atoms with van der Waals surface area (Å²) < 4.78 is 13.4. The molecule has 0 aromatic heterocycles. The van der Waals surface area contributed by atoms with E-state index in [0.29, 0.717) is 29.5 Å². The highest BCUT2D eigenvalue weighted by Gasteiger charge is 2.16. The minimum absolute atomic E-state index is 0.161. The lowest BCUT2D eigenvalue weighted by atomic mass is 10.0. The molecular formula is C16H17FN2O3. The standard InChI is InChI=1S/C16H17FN2O3/c1-3-12-10-13(17)4-5-14(12)15(6-8-20)19(7-9-21)11-16(22)18-2/h4-8,10H,3,11H2,1-2H3,(H,18,22)/b15-6-. The number of allylic oxidation sites excluding steroid dienone is 1. The molecule has 0 saturated carbocycles. The van der Waals surface area contributed by atoms with Crippen molar-refractivity contribution in [1.82, 2.24) is 10.2 Å². The van der Waals surface area contributed by atoms with Crippen LogP contribution in [-0.2, 0) is 20.8 Å². The van der Waals surface area contributed by atoms with Gasteiger partial charge >= 0.3 is 0 Å². The number of benzene rings is 1. The Morgan fingerprint density at radius 2 is 2.18 bits per heavy atom. The number of halogens is 1. The van der Waals surface area contributed by atoms with E-state index < -0.39 is 5.82 Å². The zero-order valence-electron chi connectivity index (χ0n) is 12.4. The maximum absolute atomic E-state index is 13.4. The number of nitrogens with zero attached hydrogens (tertiary/aromatic N) is 1. The number of carbonyl (C=O) groups excluding carboxylic acids is 3. The van der Waals surface area contributed by atoms with Gasteiger partial charge in [-0.2, -0.15) is 0 Å². The molecule has 1 aromatic carbocycles. The first-order valence-electron chi connectivity index (χ1n) is 6.69. The first kappa shape index (κ1) is 17.3. The van der Waals surface area contributed by atoms with Crippen molar-refractivity contribution in [3.05, 3.63) is 47.4 Å². The molecule has 0 bridgehead atoms. The highest BCUT2D eigenvalue weighted by Crippen LogP contribution is 2.24. The van der Waals surface area contributed by atoms with Gasteiger partial charge in [-0.25, -0.2) is 9.18 Å². The number of hydrogen-bond donors (Lipinski definition) is 1. The van der Waals surface area contributed by atoms with Gasteiger partial charge in [0, 0.05) is 18.7 Å². The lowest BCUT2D eigenvalue weighted by Crippen LogP contribution is -2.32. The van der Waals surface area contributed by atoms with E-state index in [-0.39, 0.29) is 12.5 Å². The largest absolute Gasteiger partial charge is 0.358 e. The third kappa shape index (κ3) is 4.40. The Balaban J connectivity index is 3.37. The Bertz CT molecular complexity index is 634. The molecule has 116 valence electrons. The molecule has 0 radical (unpaired) electrons. The number of carbonyl (C=O) groups is 2. The molecule has 1 rings (SSSR count). The topological polar surface area (TPSA) is 66.5 Å². The molecule has 0 fully saturated rings. The number of amides is 1. The van der Waals surface area contributed by atoms with Crippen LogP contribution in [0.5, 0.6) is 0 Å². The van der Waals surface area contributed by atoms with Crippen molar-refractivity contribution in [2.24, 2.45) is 0 Å². The molecule has 0 aliphatic heterocycles. The van der Waals surface area contributed by atoms with Crippen LogP contribution < -0.4 is 5.32 Å². The van der Waals surface area contributed by atoms with Crippen LogP contribution in [0.1, 0.15) is 18.1 Å². The lowest BCUT2D eigenvalue weighted by Gasteiger charge is -2.23. The van der Waals surface area contributed by atoms with Crippen LogP contribution in [0.15, 0.2) is 30.5 Å². The van der Waals surface area contributed by atoms with Gasteiger partial charge in [0.05, 0.1) is 11.9 Å². The minimum atomic E-state index is -0.394. The Morgan fingerprint density at radius 3 is 2.73 bits per heavy atom. The number of likely N-dealkylation sites (N-methyl/N-ethyl adjacent to an activating group) is 1. The molecule has 1 amide bonds. The van der Waals surface area contributed by atoms with Gasteiger partial charge in [0.1, 0.15) is 24.6 Å². The molecule has 0 aliphatic carbocycles. The zero-order chi connectivity index (χ0) is 16.5. The Labute approximate surface area is 128 Å². The average Bonchev–Trinajstić information content (AvgIpc) is 2.52. The summed E-state index contributed by atoms with van der Waals surface area (Å²) in [7, 11) is 1.46. The Hall–Kier alpha value is -2.72. The third-order valence-electron chi connectivity index (χ3n) is 3.06. The predicted molar refractivity (Wildman–Crippen MR) is 80.9 cm³/mol. The minimum Gasteiger partial charge on any atom is -0.358 e. The van der Waals surface area contributed by atoms with E-state index >= 15 is 0 Å². The van der Waals surface area contributed by atoms with Gasteiger partial charge in [0.25, 0.3) is 0 Å². The van der Waals surface area contributed by atoms with Crippen molar-refractivity contribution < 1.29 is 18.8 Å². The fourth-order valence-corrected chi connectivity index (χ4v) is 2.01. The first-order chi connectivity index (χ1) is 10.6. The smallest absolute Gasteiger partial charge is 0.239 e. The van der Waals surface area contributed by atoms with E-state index in [2.05, 4.69) is 5.32 Å². The summed E-state index contributed by atoms with van der Waals surface area (Å²) in [5.74, 6) is 0.857. The average molecular weight is 304 g/mol. The first-order valence-corrected chi connectivity index (χ1v) is 6.69. The number of aryl methyl sites for hydroxylation is 1. The highest BCUT2D eigenvalue weighted by atomic mass is 19.1. The lowest BCUT2D eigenvalue weighted by molar-refractivity contribution is -0.120. The van der Waals surface area contributed by atoms with E-state index in [4.69, 9.17) is 0 Å². The second-order valence-electron chi connectivity index (χ2n) is 4.39. The second-order valence-corrected chi connectivity index (χ2v) is 4.39. The van der Waals surface area contributed by atoms with Gasteiger partial charge in [-0.05, 0) is 30.2 Å². The van der Waals surface area contributed by atoms with Crippen LogP contribution in [-0.4, -0.2) is 36.6 Å². The zero-order valence-corrected chi connectivity index (χ0v) is 12.4. The second kappa shape index (κ2) is 8.54. The van der Waals surface area contributed by atoms with Crippen molar-refractivity contribution in [3.63, 3.8) is 0 Å². The summed E-state index contributed by atoms with van der Waals surface area (Å²) in [4.78, 5) is 34.5. The fraction of sp³-hybridized carbons (Fsp3) is 0.250. The van der Waals surface area contributed by atoms with E-state index in [1.54, 1.807) is 5.94 Å². The number of nitrogens with one attached hydrogen (secondary N) is 1. The number of aldehydes is 1. The van der Waals surface area contributed by atoms with Gasteiger partial charge in [0.15, 0.2) is 0 Å². The van der Waals surface area contributed by atoms with Crippen molar-refractivity contribution in [1.29, 1.82) is 0 Å². The molecule has 0 saturated heterocycles. The molecule has 6 heteroatoms. The van der Waals surface area contributed by atoms with Crippen LogP contribution in [0.2, 0.25) is 0 Å². The molecule has 0 heterocycles. The van der Waals surface area contributed by atoms with Crippen LogP contribution in [0.4, 0.5) is 4.39 Å². The monoisotopic (exact) mass is 304 g/mol. The summed E-state index contributed by atoms with van der Waals surface area (Å²) in [6.45, 7) is 1.68. The van der Waals surface area contributed by atoms with Crippen molar-refractivity contribution in [2.45, 2.75) is 13.3 Å².